The standard InChI is InChI=1S/C18H21Cl2N3O2S/c1-10(2)21-17(24)15-9-26-16(22-15)8-23(11(3)4)18(25)13-6-5-12(19)7-14(13)20/h5-7,9-11H,8H2,1-4H3,(H,21,24). The van der Waals surface area contributed by atoms with Crippen LogP contribution in [0.3, 0.4) is 0 Å². The van der Waals surface area contributed by atoms with E-state index >= 15 is 0 Å². The highest BCUT2D eigenvalue weighted by Gasteiger charge is 2.23. The number of thiazole rings is 1. The first-order valence-corrected chi connectivity index (χ1v) is 9.84. The van der Waals surface area contributed by atoms with Crippen LogP contribution in [0.25, 0.3) is 0 Å². The lowest BCUT2D eigenvalue weighted by Gasteiger charge is -2.26. The Morgan fingerprint density at radius 2 is 1.92 bits per heavy atom. The van der Waals surface area contributed by atoms with Gasteiger partial charge in [0.05, 0.1) is 17.1 Å². The fourth-order valence-electron chi connectivity index (χ4n) is 2.28. The maximum absolute atomic E-state index is 12.9. The van der Waals surface area contributed by atoms with Crippen LogP contribution < -0.4 is 5.32 Å². The molecule has 0 saturated heterocycles. The average molecular weight is 414 g/mol. The van der Waals surface area contributed by atoms with Gasteiger partial charge in [0.1, 0.15) is 10.7 Å². The molecule has 0 unspecified atom stereocenters. The molecule has 1 N–H and O–H groups in total. The van der Waals surface area contributed by atoms with E-state index in [4.69, 9.17) is 23.2 Å². The highest BCUT2D eigenvalue weighted by atomic mass is 35.5. The highest BCUT2D eigenvalue weighted by molar-refractivity contribution is 7.09. The number of carbonyl (C=O) groups excluding carboxylic acids is 2. The van der Waals surface area contributed by atoms with Gasteiger partial charge >= 0.3 is 0 Å². The third-order valence-corrected chi connectivity index (χ3v) is 4.94. The largest absolute Gasteiger partial charge is 0.349 e. The topological polar surface area (TPSA) is 62.3 Å². The van der Waals surface area contributed by atoms with Crippen LogP contribution in [0.1, 0.15) is 53.5 Å². The molecule has 8 heteroatoms. The normalized spacial score (nSPS) is 11.1. The van der Waals surface area contributed by atoms with Gasteiger partial charge in [-0.15, -0.1) is 11.3 Å². The molecular formula is C18H21Cl2N3O2S. The van der Waals surface area contributed by atoms with Gasteiger partial charge in [0, 0.05) is 22.5 Å². The van der Waals surface area contributed by atoms with E-state index in [2.05, 4.69) is 10.3 Å². The van der Waals surface area contributed by atoms with E-state index in [0.29, 0.717) is 32.9 Å². The third-order valence-electron chi connectivity index (χ3n) is 3.56. The molecule has 0 atom stereocenters. The molecule has 0 aliphatic rings. The van der Waals surface area contributed by atoms with Crippen molar-refractivity contribution in [2.45, 2.75) is 46.3 Å². The van der Waals surface area contributed by atoms with Gasteiger partial charge in [-0.05, 0) is 45.9 Å². The summed E-state index contributed by atoms with van der Waals surface area (Å²) in [6.07, 6.45) is 0. The molecule has 140 valence electrons. The second kappa shape index (κ2) is 8.84. The van der Waals surface area contributed by atoms with Crippen LogP contribution in [0, 0.1) is 0 Å². The molecule has 5 nitrogen and oxygen atoms in total. The smallest absolute Gasteiger partial charge is 0.270 e. The highest BCUT2D eigenvalue weighted by Crippen LogP contribution is 2.24. The number of benzene rings is 1. The van der Waals surface area contributed by atoms with Gasteiger partial charge in [-0.2, -0.15) is 0 Å². The van der Waals surface area contributed by atoms with Crippen molar-refractivity contribution in [2.24, 2.45) is 0 Å². The molecule has 0 radical (unpaired) electrons. The second-order valence-electron chi connectivity index (χ2n) is 6.41. The number of nitrogens with zero attached hydrogens (tertiary/aromatic N) is 2. The van der Waals surface area contributed by atoms with E-state index in [1.807, 2.05) is 27.7 Å². The summed E-state index contributed by atoms with van der Waals surface area (Å²) in [6, 6.07) is 4.77. The molecule has 2 amide bonds. The molecule has 1 heterocycles. The fourth-order valence-corrected chi connectivity index (χ4v) is 3.54. The summed E-state index contributed by atoms with van der Waals surface area (Å²) in [7, 11) is 0. The molecule has 0 fully saturated rings. The first kappa shape index (κ1) is 20.7. The number of hydrogen-bond acceptors (Lipinski definition) is 4. The van der Waals surface area contributed by atoms with Crippen LogP contribution in [-0.2, 0) is 6.54 Å². The summed E-state index contributed by atoms with van der Waals surface area (Å²) in [5.74, 6) is -0.421. The molecular weight excluding hydrogens is 393 g/mol. The molecule has 0 aliphatic heterocycles. The zero-order valence-electron chi connectivity index (χ0n) is 15.0. The number of carbonyl (C=O) groups is 2. The van der Waals surface area contributed by atoms with Gasteiger partial charge in [0.15, 0.2) is 0 Å². The van der Waals surface area contributed by atoms with Crippen molar-refractivity contribution in [1.82, 2.24) is 15.2 Å². The van der Waals surface area contributed by atoms with Crippen molar-refractivity contribution in [1.29, 1.82) is 0 Å². The van der Waals surface area contributed by atoms with Crippen LogP contribution in [-0.4, -0.2) is 33.8 Å². The Morgan fingerprint density at radius 3 is 2.50 bits per heavy atom. The number of halogens is 2. The predicted molar refractivity (Wildman–Crippen MR) is 106 cm³/mol. The SMILES string of the molecule is CC(C)NC(=O)c1csc(CN(C(=O)c2ccc(Cl)cc2Cl)C(C)C)n1. The summed E-state index contributed by atoms with van der Waals surface area (Å²) in [5.41, 5.74) is 0.749. The lowest BCUT2D eigenvalue weighted by molar-refractivity contribution is 0.0690. The van der Waals surface area contributed by atoms with Crippen molar-refractivity contribution in [3.8, 4) is 0 Å². The van der Waals surface area contributed by atoms with Crippen molar-refractivity contribution in [3.05, 3.63) is 49.9 Å². The van der Waals surface area contributed by atoms with Gasteiger partial charge in [0.25, 0.3) is 11.8 Å². The monoisotopic (exact) mass is 413 g/mol. The van der Waals surface area contributed by atoms with Crippen LogP contribution in [0.15, 0.2) is 23.6 Å². The zero-order valence-corrected chi connectivity index (χ0v) is 17.4. The Hall–Kier alpha value is -1.63. The Bertz CT molecular complexity index is 805. The molecule has 26 heavy (non-hydrogen) atoms. The Labute approximate surface area is 167 Å². The first-order chi connectivity index (χ1) is 12.2. The first-order valence-electron chi connectivity index (χ1n) is 8.20. The van der Waals surface area contributed by atoms with Crippen molar-refractivity contribution in [3.63, 3.8) is 0 Å². The van der Waals surface area contributed by atoms with E-state index < -0.39 is 0 Å². The Balaban J connectivity index is 2.20. The second-order valence-corrected chi connectivity index (χ2v) is 8.19. The molecule has 2 rings (SSSR count). The number of nitrogens with one attached hydrogen (secondary N) is 1. The molecule has 0 spiro atoms. The summed E-state index contributed by atoms with van der Waals surface area (Å²) in [6.45, 7) is 7.92. The van der Waals surface area contributed by atoms with E-state index in [0.717, 1.165) is 0 Å². The number of rotatable bonds is 6. The van der Waals surface area contributed by atoms with E-state index in [1.165, 1.54) is 11.3 Å². The average Bonchev–Trinajstić information content (AvgIpc) is 3.00. The van der Waals surface area contributed by atoms with Crippen LogP contribution in [0.4, 0.5) is 0 Å². The predicted octanol–water partition coefficient (Wildman–Crippen LogP) is 4.64. The summed E-state index contributed by atoms with van der Waals surface area (Å²) in [5, 5.41) is 5.98. The number of hydrogen-bond donors (Lipinski definition) is 1. The molecule has 0 aliphatic carbocycles. The summed E-state index contributed by atoms with van der Waals surface area (Å²) < 4.78 is 0. The molecule has 2 aromatic rings. The van der Waals surface area contributed by atoms with Crippen molar-refractivity contribution in [2.75, 3.05) is 0 Å². The fraction of sp³-hybridized carbons (Fsp3) is 0.389. The molecule has 0 saturated carbocycles. The van der Waals surface area contributed by atoms with Gasteiger partial charge in [0.2, 0.25) is 0 Å². The minimum Gasteiger partial charge on any atom is -0.349 e. The maximum Gasteiger partial charge on any atom is 0.270 e. The lowest BCUT2D eigenvalue weighted by Crippen LogP contribution is -2.36. The molecule has 1 aromatic carbocycles. The van der Waals surface area contributed by atoms with Crippen molar-refractivity contribution >= 4 is 46.4 Å². The van der Waals surface area contributed by atoms with E-state index in [9.17, 15) is 9.59 Å². The minimum atomic E-state index is -0.217. The Kier molecular flexibility index (Phi) is 7.03. The van der Waals surface area contributed by atoms with Gasteiger partial charge in [-0.1, -0.05) is 23.2 Å². The number of amides is 2. The van der Waals surface area contributed by atoms with Gasteiger partial charge in [-0.25, -0.2) is 4.98 Å². The Morgan fingerprint density at radius 1 is 1.23 bits per heavy atom. The third kappa shape index (κ3) is 5.19. The summed E-state index contributed by atoms with van der Waals surface area (Å²) in [4.78, 5) is 31.0. The quantitative estimate of drug-likeness (QED) is 0.749. The minimum absolute atomic E-state index is 0.0356. The van der Waals surface area contributed by atoms with Gasteiger partial charge in [-0.3, -0.25) is 9.59 Å². The van der Waals surface area contributed by atoms with E-state index in [1.54, 1.807) is 28.5 Å². The maximum atomic E-state index is 12.9. The van der Waals surface area contributed by atoms with Crippen LogP contribution >= 0.6 is 34.5 Å². The van der Waals surface area contributed by atoms with Crippen LogP contribution in [0.5, 0.6) is 0 Å². The van der Waals surface area contributed by atoms with E-state index in [-0.39, 0.29) is 23.9 Å². The zero-order chi connectivity index (χ0) is 19.4. The lowest BCUT2D eigenvalue weighted by atomic mass is 10.1. The number of aromatic nitrogens is 1. The van der Waals surface area contributed by atoms with Crippen LogP contribution in [0.2, 0.25) is 10.0 Å². The van der Waals surface area contributed by atoms with Gasteiger partial charge < -0.3 is 10.2 Å². The molecule has 0 bridgehead atoms. The van der Waals surface area contributed by atoms with Crippen molar-refractivity contribution < 1.29 is 9.59 Å². The molecule has 1 aromatic heterocycles. The summed E-state index contributed by atoms with van der Waals surface area (Å²) >= 11 is 13.4.